The summed E-state index contributed by atoms with van der Waals surface area (Å²) in [5.74, 6) is -0.203. The van der Waals surface area contributed by atoms with Crippen molar-refractivity contribution in [3.8, 4) is 0 Å². The molecule has 20 heavy (non-hydrogen) atoms. The highest BCUT2D eigenvalue weighted by Gasteiger charge is 2.37. The van der Waals surface area contributed by atoms with Crippen LogP contribution in [0, 0.1) is 0 Å². The summed E-state index contributed by atoms with van der Waals surface area (Å²) in [4.78, 5) is 23.9. The normalized spacial score (nSPS) is 20.6. The van der Waals surface area contributed by atoms with Gasteiger partial charge < -0.3 is 4.74 Å². The van der Waals surface area contributed by atoms with Crippen LogP contribution in [0.15, 0.2) is 36.4 Å². The van der Waals surface area contributed by atoms with Crippen LogP contribution in [-0.2, 0) is 14.9 Å². The number of benzene rings is 1. The number of allylic oxidation sites excluding steroid dienone is 2. The van der Waals surface area contributed by atoms with Gasteiger partial charge in [-0.1, -0.05) is 43.7 Å². The quantitative estimate of drug-likeness (QED) is 0.771. The zero-order chi connectivity index (χ0) is 14.6. The number of esters is 1. The Bertz CT molecular complexity index is 545. The van der Waals surface area contributed by atoms with E-state index in [9.17, 15) is 9.59 Å². The Morgan fingerprint density at radius 1 is 1.25 bits per heavy atom. The zero-order valence-electron chi connectivity index (χ0n) is 12.0. The molecule has 0 aromatic heterocycles. The lowest BCUT2D eigenvalue weighted by molar-refractivity contribution is -0.144. The van der Waals surface area contributed by atoms with Crippen LogP contribution in [-0.4, -0.2) is 18.4 Å². The highest BCUT2D eigenvalue weighted by molar-refractivity contribution is 6.07. The van der Waals surface area contributed by atoms with Gasteiger partial charge in [-0.05, 0) is 25.0 Å². The summed E-state index contributed by atoms with van der Waals surface area (Å²) < 4.78 is 5.10. The van der Waals surface area contributed by atoms with E-state index in [1.54, 1.807) is 13.0 Å². The fourth-order valence-corrected chi connectivity index (χ4v) is 2.92. The third-order valence-corrected chi connectivity index (χ3v) is 3.74. The molecule has 0 heterocycles. The van der Waals surface area contributed by atoms with Crippen LogP contribution in [0.5, 0.6) is 0 Å². The van der Waals surface area contributed by atoms with Crippen LogP contribution >= 0.6 is 0 Å². The predicted octanol–water partition coefficient (Wildman–Crippen LogP) is 3.43. The highest BCUT2D eigenvalue weighted by Crippen LogP contribution is 2.40. The Kier molecular flexibility index (Phi) is 4.38. The SMILES string of the molecule is CCC[C@@]1(CC(=O)OCC)C=CC(=O)c2ccccc21. The van der Waals surface area contributed by atoms with Crippen molar-refractivity contribution in [1.29, 1.82) is 0 Å². The molecule has 0 saturated heterocycles. The first-order valence-electron chi connectivity index (χ1n) is 7.11. The van der Waals surface area contributed by atoms with Crippen LogP contribution in [0.3, 0.4) is 0 Å². The predicted molar refractivity (Wildman–Crippen MR) is 77.7 cm³/mol. The van der Waals surface area contributed by atoms with Gasteiger partial charge in [0.2, 0.25) is 0 Å². The summed E-state index contributed by atoms with van der Waals surface area (Å²) in [6.45, 7) is 4.27. The molecule has 106 valence electrons. The van der Waals surface area contributed by atoms with E-state index < -0.39 is 5.41 Å². The maximum absolute atomic E-state index is 12.0. The van der Waals surface area contributed by atoms with Gasteiger partial charge >= 0.3 is 5.97 Å². The van der Waals surface area contributed by atoms with Crippen LogP contribution in [0.25, 0.3) is 0 Å². The summed E-state index contributed by atoms with van der Waals surface area (Å²) in [6, 6.07) is 7.56. The third kappa shape index (κ3) is 2.67. The Labute approximate surface area is 119 Å². The smallest absolute Gasteiger partial charge is 0.306 e. The number of ether oxygens (including phenoxy) is 1. The monoisotopic (exact) mass is 272 g/mol. The van der Waals surface area contributed by atoms with Crippen LogP contribution in [0.4, 0.5) is 0 Å². The second kappa shape index (κ2) is 6.04. The molecular formula is C17H20O3. The van der Waals surface area contributed by atoms with Gasteiger partial charge in [0.15, 0.2) is 5.78 Å². The lowest BCUT2D eigenvalue weighted by Gasteiger charge is -2.34. The van der Waals surface area contributed by atoms with E-state index in [1.807, 2.05) is 30.3 Å². The zero-order valence-corrected chi connectivity index (χ0v) is 12.0. The first kappa shape index (κ1) is 14.5. The van der Waals surface area contributed by atoms with Crippen LogP contribution in [0.1, 0.15) is 49.0 Å². The lowest BCUT2D eigenvalue weighted by atomic mass is 9.69. The maximum atomic E-state index is 12.0. The molecule has 2 rings (SSSR count). The Morgan fingerprint density at radius 2 is 2.00 bits per heavy atom. The summed E-state index contributed by atoms with van der Waals surface area (Å²) in [7, 11) is 0. The van der Waals surface area contributed by atoms with Crippen molar-refractivity contribution in [3.63, 3.8) is 0 Å². The highest BCUT2D eigenvalue weighted by atomic mass is 16.5. The Hall–Kier alpha value is -1.90. The molecule has 0 aliphatic heterocycles. The van der Waals surface area contributed by atoms with Crippen LogP contribution in [0.2, 0.25) is 0 Å². The van der Waals surface area contributed by atoms with Gasteiger partial charge in [0.25, 0.3) is 0 Å². The van der Waals surface area contributed by atoms with E-state index in [0.29, 0.717) is 12.2 Å². The molecule has 0 bridgehead atoms. The molecule has 1 aromatic rings. The van der Waals surface area contributed by atoms with E-state index >= 15 is 0 Å². The van der Waals surface area contributed by atoms with Crippen molar-refractivity contribution in [2.24, 2.45) is 0 Å². The topological polar surface area (TPSA) is 43.4 Å². The molecule has 0 unspecified atom stereocenters. The summed E-state index contributed by atoms with van der Waals surface area (Å²) in [5, 5.41) is 0. The first-order chi connectivity index (χ1) is 9.63. The number of carbonyl (C=O) groups is 2. The summed E-state index contributed by atoms with van der Waals surface area (Å²) in [5.41, 5.74) is 1.24. The summed E-state index contributed by atoms with van der Waals surface area (Å²) in [6.07, 6.45) is 5.53. The van der Waals surface area contributed by atoms with E-state index in [-0.39, 0.29) is 18.2 Å². The maximum Gasteiger partial charge on any atom is 0.306 e. The number of hydrogen-bond donors (Lipinski definition) is 0. The van der Waals surface area contributed by atoms with Crippen molar-refractivity contribution in [2.75, 3.05) is 6.61 Å². The molecule has 3 nitrogen and oxygen atoms in total. The molecule has 0 N–H and O–H groups in total. The molecule has 0 saturated carbocycles. The van der Waals surface area contributed by atoms with E-state index in [2.05, 4.69) is 6.92 Å². The fourth-order valence-electron chi connectivity index (χ4n) is 2.92. The first-order valence-corrected chi connectivity index (χ1v) is 7.11. The van der Waals surface area contributed by atoms with E-state index in [0.717, 1.165) is 18.4 Å². The fraction of sp³-hybridized carbons (Fsp3) is 0.412. The molecule has 0 fully saturated rings. The standard InChI is InChI=1S/C17H20O3/c1-3-10-17(12-16(19)20-4-2)11-9-15(18)13-7-5-6-8-14(13)17/h5-9,11H,3-4,10,12H2,1-2H3/t17-/m0/s1. The van der Waals surface area contributed by atoms with Gasteiger partial charge in [0, 0.05) is 11.0 Å². The minimum Gasteiger partial charge on any atom is -0.466 e. The molecule has 1 aliphatic carbocycles. The molecular weight excluding hydrogens is 252 g/mol. The van der Waals surface area contributed by atoms with Crippen molar-refractivity contribution >= 4 is 11.8 Å². The molecule has 0 amide bonds. The average molecular weight is 272 g/mol. The molecule has 1 aromatic carbocycles. The van der Waals surface area contributed by atoms with Gasteiger partial charge in [-0.3, -0.25) is 9.59 Å². The summed E-state index contributed by atoms with van der Waals surface area (Å²) >= 11 is 0. The minimum absolute atomic E-state index is 0.0104. The van der Waals surface area contributed by atoms with Crippen molar-refractivity contribution in [2.45, 2.75) is 38.5 Å². The molecule has 1 aliphatic rings. The van der Waals surface area contributed by atoms with E-state index in [1.165, 1.54) is 0 Å². The molecule has 0 spiro atoms. The van der Waals surface area contributed by atoms with Crippen molar-refractivity contribution in [1.82, 2.24) is 0 Å². The minimum atomic E-state index is -0.411. The molecule has 1 atom stereocenters. The number of ketones is 1. The average Bonchev–Trinajstić information content (AvgIpc) is 2.44. The Morgan fingerprint density at radius 3 is 2.70 bits per heavy atom. The number of carbonyl (C=O) groups excluding carboxylic acids is 2. The van der Waals surface area contributed by atoms with Crippen molar-refractivity contribution in [3.05, 3.63) is 47.5 Å². The van der Waals surface area contributed by atoms with Gasteiger partial charge in [-0.25, -0.2) is 0 Å². The molecule has 0 radical (unpaired) electrons. The largest absolute Gasteiger partial charge is 0.466 e. The third-order valence-electron chi connectivity index (χ3n) is 3.74. The Balaban J connectivity index is 2.44. The second-order valence-corrected chi connectivity index (χ2v) is 5.13. The van der Waals surface area contributed by atoms with Gasteiger partial charge in [0.1, 0.15) is 0 Å². The van der Waals surface area contributed by atoms with Crippen LogP contribution < -0.4 is 0 Å². The van der Waals surface area contributed by atoms with Gasteiger partial charge in [-0.15, -0.1) is 0 Å². The van der Waals surface area contributed by atoms with Gasteiger partial charge in [-0.2, -0.15) is 0 Å². The number of hydrogen-bond acceptors (Lipinski definition) is 3. The van der Waals surface area contributed by atoms with Gasteiger partial charge in [0.05, 0.1) is 13.0 Å². The van der Waals surface area contributed by atoms with Crippen molar-refractivity contribution < 1.29 is 14.3 Å². The van der Waals surface area contributed by atoms with E-state index in [4.69, 9.17) is 4.74 Å². The number of rotatable bonds is 5. The lowest BCUT2D eigenvalue weighted by Crippen LogP contribution is -2.32. The second-order valence-electron chi connectivity index (χ2n) is 5.13. The number of fused-ring (bicyclic) bond motifs is 1. The molecule has 3 heteroatoms.